The van der Waals surface area contributed by atoms with Crippen LogP contribution < -0.4 is 11.3 Å². The van der Waals surface area contributed by atoms with E-state index in [4.69, 9.17) is 5.84 Å². The van der Waals surface area contributed by atoms with Gasteiger partial charge in [-0.25, -0.2) is 15.8 Å². The first kappa shape index (κ1) is 12.0. The van der Waals surface area contributed by atoms with Gasteiger partial charge in [-0.1, -0.05) is 6.07 Å². The first-order chi connectivity index (χ1) is 9.36. The molecule has 2 aromatic heterocycles. The van der Waals surface area contributed by atoms with Crippen molar-refractivity contribution in [2.45, 2.75) is 32.1 Å². The number of hydrogen-bond acceptors (Lipinski definition) is 5. The Hall–Kier alpha value is -2.01. The number of aromatic nitrogens is 3. The third kappa shape index (κ3) is 2.56. The molecule has 0 aliphatic heterocycles. The van der Waals surface area contributed by atoms with Crippen molar-refractivity contribution >= 4 is 5.82 Å². The predicted molar refractivity (Wildman–Crippen MR) is 73.5 cm³/mol. The third-order valence-electron chi connectivity index (χ3n) is 3.43. The molecule has 0 saturated carbocycles. The van der Waals surface area contributed by atoms with Crippen LogP contribution >= 0.6 is 0 Å². The molecule has 0 unspecified atom stereocenters. The van der Waals surface area contributed by atoms with Crippen LogP contribution in [0.1, 0.15) is 35.6 Å². The lowest BCUT2D eigenvalue weighted by Crippen LogP contribution is -2.18. The Morgan fingerprint density at radius 2 is 2.05 bits per heavy atom. The van der Waals surface area contributed by atoms with Crippen LogP contribution in [0, 0.1) is 0 Å². The zero-order valence-corrected chi connectivity index (χ0v) is 10.8. The van der Waals surface area contributed by atoms with E-state index in [9.17, 15) is 0 Å². The van der Waals surface area contributed by atoms with Crippen molar-refractivity contribution in [3.05, 3.63) is 47.2 Å². The van der Waals surface area contributed by atoms with E-state index in [2.05, 4.69) is 20.4 Å². The average Bonchev–Trinajstić information content (AvgIpc) is 2.47. The normalized spacial score (nSPS) is 13.9. The maximum Gasteiger partial charge on any atom is 0.147 e. The Morgan fingerprint density at radius 1 is 1.16 bits per heavy atom. The molecule has 5 nitrogen and oxygen atoms in total. The van der Waals surface area contributed by atoms with Gasteiger partial charge in [-0.15, -0.1) is 0 Å². The van der Waals surface area contributed by atoms with E-state index in [1.165, 1.54) is 18.4 Å². The molecule has 1 aliphatic carbocycles. The highest BCUT2D eigenvalue weighted by atomic mass is 15.3. The van der Waals surface area contributed by atoms with E-state index in [1.807, 2.05) is 18.2 Å². The Morgan fingerprint density at radius 3 is 2.84 bits per heavy atom. The minimum Gasteiger partial charge on any atom is -0.308 e. The summed E-state index contributed by atoms with van der Waals surface area (Å²) in [5.74, 6) is 7.14. The number of anilines is 1. The lowest BCUT2D eigenvalue weighted by molar-refractivity contribution is 0.656. The van der Waals surface area contributed by atoms with Crippen molar-refractivity contribution in [1.82, 2.24) is 15.0 Å². The molecule has 0 fully saturated rings. The monoisotopic (exact) mass is 255 g/mol. The molecule has 0 amide bonds. The van der Waals surface area contributed by atoms with Gasteiger partial charge in [0.25, 0.3) is 0 Å². The zero-order chi connectivity index (χ0) is 13.1. The van der Waals surface area contributed by atoms with Crippen LogP contribution in [0.15, 0.2) is 24.4 Å². The number of rotatable bonds is 3. The SMILES string of the molecule is NNc1nc(Cc2ccccn2)nc2c1CCCC2. The van der Waals surface area contributed by atoms with E-state index in [1.54, 1.807) is 6.20 Å². The number of nitrogens with one attached hydrogen (secondary N) is 1. The zero-order valence-electron chi connectivity index (χ0n) is 10.8. The summed E-state index contributed by atoms with van der Waals surface area (Å²) in [5, 5.41) is 0. The summed E-state index contributed by atoms with van der Waals surface area (Å²) < 4.78 is 0. The lowest BCUT2D eigenvalue weighted by Gasteiger charge is -2.18. The molecule has 0 bridgehead atoms. The highest BCUT2D eigenvalue weighted by molar-refractivity contribution is 5.47. The second-order valence-electron chi connectivity index (χ2n) is 4.76. The lowest BCUT2D eigenvalue weighted by atomic mass is 9.96. The molecule has 1 aliphatic rings. The highest BCUT2D eigenvalue weighted by Gasteiger charge is 2.17. The van der Waals surface area contributed by atoms with Gasteiger partial charge in [-0.2, -0.15) is 0 Å². The minimum absolute atomic E-state index is 0.642. The van der Waals surface area contributed by atoms with Gasteiger partial charge in [0.05, 0.1) is 6.42 Å². The van der Waals surface area contributed by atoms with Gasteiger partial charge < -0.3 is 5.43 Å². The molecule has 2 heterocycles. The number of hydrazine groups is 1. The smallest absolute Gasteiger partial charge is 0.147 e. The number of nitrogens with two attached hydrogens (primary N) is 1. The maximum atomic E-state index is 5.58. The fourth-order valence-corrected chi connectivity index (χ4v) is 2.51. The molecule has 19 heavy (non-hydrogen) atoms. The van der Waals surface area contributed by atoms with Crippen molar-refractivity contribution in [2.24, 2.45) is 5.84 Å². The van der Waals surface area contributed by atoms with E-state index in [0.29, 0.717) is 6.42 Å². The molecule has 0 saturated heterocycles. The quantitative estimate of drug-likeness (QED) is 0.644. The van der Waals surface area contributed by atoms with Gasteiger partial charge in [0.2, 0.25) is 0 Å². The second-order valence-corrected chi connectivity index (χ2v) is 4.76. The van der Waals surface area contributed by atoms with E-state index < -0.39 is 0 Å². The molecule has 98 valence electrons. The Labute approximate surface area is 112 Å². The number of nitrogen functional groups attached to an aromatic ring is 1. The molecular formula is C14H17N5. The second kappa shape index (κ2) is 5.32. The highest BCUT2D eigenvalue weighted by Crippen LogP contribution is 2.25. The molecule has 5 heteroatoms. The summed E-state index contributed by atoms with van der Waals surface area (Å²) >= 11 is 0. The minimum atomic E-state index is 0.642. The van der Waals surface area contributed by atoms with Crippen LogP contribution in [-0.2, 0) is 19.3 Å². The Balaban J connectivity index is 1.94. The van der Waals surface area contributed by atoms with Gasteiger partial charge in [0.1, 0.15) is 11.6 Å². The first-order valence-electron chi connectivity index (χ1n) is 6.62. The average molecular weight is 255 g/mol. The molecular weight excluding hydrogens is 238 g/mol. The van der Waals surface area contributed by atoms with E-state index >= 15 is 0 Å². The van der Waals surface area contributed by atoms with E-state index in [-0.39, 0.29) is 0 Å². The summed E-state index contributed by atoms with van der Waals surface area (Å²) in [6.07, 6.45) is 6.83. The van der Waals surface area contributed by atoms with Crippen molar-refractivity contribution < 1.29 is 0 Å². The topological polar surface area (TPSA) is 76.7 Å². The Kier molecular flexibility index (Phi) is 3.37. The Bertz CT molecular complexity index is 550. The summed E-state index contributed by atoms with van der Waals surface area (Å²) in [6.45, 7) is 0. The van der Waals surface area contributed by atoms with Crippen molar-refractivity contribution in [2.75, 3.05) is 5.43 Å². The number of aryl methyl sites for hydroxylation is 1. The number of hydrogen-bond donors (Lipinski definition) is 2. The molecule has 0 radical (unpaired) electrons. The fourth-order valence-electron chi connectivity index (χ4n) is 2.51. The van der Waals surface area contributed by atoms with Crippen molar-refractivity contribution in [1.29, 1.82) is 0 Å². The molecule has 2 aromatic rings. The van der Waals surface area contributed by atoms with Crippen molar-refractivity contribution in [3.63, 3.8) is 0 Å². The maximum absolute atomic E-state index is 5.58. The van der Waals surface area contributed by atoms with Crippen LogP contribution in [0.25, 0.3) is 0 Å². The van der Waals surface area contributed by atoms with Gasteiger partial charge in [0, 0.05) is 23.1 Å². The van der Waals surface area contributed by atoms with Crippen LogP contribution in [0.2, 0.25) is 0 Å². The van der Waals surface area contributed by atoms with Crippen molar-refractivity contribution in [3.8, 4) is 0 Å². The first-order valence-corrected chi connectivity index (χ1v) is 6.62. The number of nitrogens with zero attached hydrogens (tertiary/aromatic N) is 3. The van der Waals surface area contributed by atoms with Gasteiger partial charge >= 0.3 is 0 Å². The van der Waals surface area contributed by atoms with Gasteiger partial charge in [0.15, 0.2) is 0 Å². The third-order valence-corrected chi connectivity index (χ3v) is 3.43. The van der Waals surface area contributed by atoms with Crippen LogP contribution in [-0.4, -0.2) is 15.0 Å². The summed E-state index contributed by atoms with van der Waals surface area (Å²) in [5.41, 5.74) is 6.00. The summed E-state index contributed by atoms with van der Waals surface area (Å²) in [6, 6.07) is 5.87. The summed E-state index contributed by atoms with van der Waals surface area (Å²) in [7, 11) is 0. The van der Waals surface area contributed by atoms with Gasteiger partial charge in [-0.3, -0.25) is 4.98 Å². The molecule has 3 rings (SSSR count). The largest absolute Gasteiger partial charge is 0.308 e. The number of fused-ring (bicyclic) bond motifs is 1. The molecule has 0 aromatic carbocycles. The van der Waals surface area contributed by atoms with Gasteiger partial charge in [-0.05, 0) is 37.8 Å². The van der Waals surface area contributed by atoms with Crippen LogP contribution in [0.4, 0.5) is 5.82 Å². The fraction of sp³-hybridized carbons (Fsp3) is 0.357. The molecule has 3 N–H and O–H groups in total. The van der Waals surface area contributed by atoms with Crippen LogP contribution in [0.3, 0.4) is 0 Å². The predicted octanol–water partition coefficient (Wildman–Crippen LogP) is 1.63. The molecule has 0 spiro atoms. The molecule has 0 atom stereocenters. The summed E-state index contributed by atoms with van der Waals surface area (Å²) in [4.78, 5) is 13.5. The van der Waals surface area contributed by atoms with Crippen LogP contribution in [0.5, 0.6) is 0 Å². The number of pyridine rings is 1. The standard InChI is InChI=1S/C14H17N5/c15-19-14-11-6-1-2-7-12(11)17-13(18-14)9-10-5-3-4-8-16-10/h3-5,8H,1-2,6-7,9,15H2,(H,17,18,19). The van der Waals surface area contributed by atoms with E-state index in [0.717, 1.165) is 35.9 Å².